The molecule has 0 radical (unpaired) electrons. The molecule has 0 amide bonds. The van der Waals surface area contributed by atoms with Crippen LogP contribution >= 0.6 is 11.6 Å². The van der Waals surface area contributed by atoms with Gasteiger partial charge in [0.15, 0.2) is 5.84 Å². The summed E-state index contributed by atoms with van der Waals surface area (Å²) in [5, 5.41) is 20.5. The van der Waals surface area contributed by atoms with Crippen LogP contribution in [-0.4, -0.2) is 21.5 Å². The van der Waals surface area contributed by atoms with Gasteiger partial charge in [-0.25, -0.2) is 4.98 Å². The average Bonchev–Trinajstić information content (AvgIpc) is 2.99. The fraction of sp³-hybridized carbons (Fsp3) is 0. The van der Waals surface area contributed by atoms with Crippen LogP contribution in [0.1, 0.15) is 0 Å². The van der Waals surface area contributed by atoms with Crippen LogP contribution in [-0.2, 0) is 0 Å². The Morgan fingerprint density at radius 2 is 2.04 bits per heavy atom. The van der Waals surface area contributed by atoms with Gasteiger partial charge in [0.25, 0.3) is 0 Å². The van der Waals surface area contributed by atoms with Crippen LogP contribution in [0.3, 0.4) is 0 Å². The highest BCUT2D eigenvalue weighted by Gasteiger charge is 2.06. The lowest BCUT2D eigenvalue weighted by atomic mass is 10.2. The van der Waals surface area contributed by atoms with Gasteiger partial charge in [-0.3, -0.25) is 10.8 Å². The molecule has 0 spiro atoms. The van der Waals surface area contributed by atoms with E-state index in [4.69, 9.17) is 28.0 Å². The summed E-state index contributed by atoms with van der Waals surface area (Å²) in [5.41, 5.74) is 10.9. The van der Waals surface area contributed by atoms with Crippen molar-refractivity contribution < 1.29 is 0 Å². The van der Waals surface area contributed by atoms with E-state index in [-0.39, 0.29) is 5.71 Å². The van der Waals surface area contributed by atoms with E-state index in [9.17, 15) is 0 Å². The molecule has 0 unspecified atom stereocenters. The fourth-order valence-electron chi connectivity index (χ4n) is 2.09. The first kappa shape index (κ1) is 15.5. The minimum atomic E-state index is -0.391. The van der Waals surface area contributed by atoms with Crippen molar-refractivity contribution in [1.82, 2.24) is 9.97 Å². The number of rotatable bonds is 4. The number of hydrogen-bond donors (Lipinski definition) is 4. The van der Waals surface area contributed by atoms with Gasteiger partial charge in [0.1, 0.15) is 11.9 Å². The van der Waals surface area contributed by atoms with Gasteiger partial charge >= 0.3 is 0 Å². The number of fused-ring (bicyclic) bond motifs is 1. The second kappa shape index (κ2) is 6.40. The molecule has 3 rings (SSSR count). The highest BCUT2D eigenvalue weighted by Crippen LogP contribution is 2.24. The first-order valence-corrected chi connectivity index (χ1v) is 7.28. The van der Waals surface area contributed by atoms with Crippen LogP contribution in [0.4, 0.5) is 5.69 Å². The van der Waals surface area contributed by atoms with Crippen LogP contribution in [0.15, 0.2) is 47.6 Å². The molecular weight excluding hydrogens is 326 g/mol. The number of aromatic amines is 1. The van der Waals surface area contributed by atoms with Crippen molar-refractivity contribution >= 4 is 39.9 Å². The Hall–Kier alpha value is -3.37. The number of amidine groups is 1. The quantitative estimate of drug-likeness (QED) is 0.331. The summed E-state index contributed by atoms with van der Waals surface area (Å²) in [6.07, 6.45) is 0. The molecule has 1 aromatic heterocycles. The molecule has 5 N–H and O–H groups in total. The number of H-pyrrole nitrogens is 1. The third-order valence-corrected chi connectivity index (χ3v) is 3.51. The maximum absolute atomic E-state index is 8.83. The van der Waals surface area contributed by atoms with Gasteiger partial charge in [-0.2, -0.15) is 10.4 Å². The topological polar surface area (TPSA) is 127 Å². The first-order chi connectivity index (χ1) is 11.6. The molecule has 0 bridgehead atoms. The highest BCUT2D eigenvalue weighted by molar-refractivity contribution is 6.45. The smallest absolute Gasteiger partial charge is 0.201 e. The molecule has 0 fully saturated rings. The van der Waals surface area contributed by atoms with E-state index in [0.29, 0.717) is 10.7 Å². The van der Waals surface area contributed by atoms with Gasteiger partial charge < -0.3 is 10.7 Å². The zero-order chi connectivity index (χ0) is 17.1. The lowest BCUT2D eigenvalue weighted by Gasteiger charge is -2.00. The number of halogens is 1. The van der Waals surface area contributed by atoms with Crippen molar-refractivity contribution in [2.75, 3.05) is 5.43 Å². The van der Waals surface area contributed by atoms with Crippen molar-refractivity contribution in [2.24, 2.45) is 10.8 Å². The molecule has 0 saturated heterocycles. The van der Waals surface area contributed by atoms with E-state index < -0.39 is 5.84 Å². The summed E-state index contributed by atoms with van der Waals surface area (Å²) in [6.45, 7) is 0. The third kappa shape index (κ3) is 3.19. The van der Waals surface area contributed by atoms with Gasteiger partial charge in [-0.15, -0.1) is 0 Å². The number of imidazole rings is 1. The Labute approximate surface area is 142 Å². The molecule has 3 aromatic rings. The zero-order valence-electron chi connectivity index (χ0n) is 12.3. The summed E-state index contributed by atoms with van der Waals surface area (Å²) in [5.74, 6) is 0.335. The monoisotopic (exact) mass is 337 g/mol. The highest BCUT2D eigenvalue weighted by atomic mass is 35.5. The van der Waals surface area contributed by atoms with Crippen molar-refractivity contribution in [3.63, 3.8) is 0 Å². The second-order valence-corrected chi connectivity index (χ2v) is 5.36. The summed E-state index contributed by atoms with van der Waals surface area (Å²) in [7, 11) is 0. The summed E-state index contributed by atoms with van der Waals surface area (Å²) < 4.78 is 0. The second-order valence-electron chi connectivity index (χ2n) is 4.92. The molecule has 0 aliphatic heterocycles. The van der Waals surface area contributed by atoms with E-state index in [0.717, 1.165) is 22.4 Å². The molecule has 7 nitrogen and oxygen atoms in total. The first-order valence-electron chi connectivity index (χ1n) is 6.91. The zero-order valence-corrected chi connectivity index (χ0v) is 13.1. The molecule has 1 heterocycles. The predicted molar refractivity (Wildman–Crippen MR) is 95.1 cm³/mol. The Balaban J connectivity index is 1.90. The molecule has 0 atom stereocenters. The Morgan fingerprint density at radius 3 is 2.71 bits per heavy atom. The maximum Gasteiger partial charge on any atom is 0.201 e. The number of hydrogen-bond acceptors (Lipinski definition) is 5. The lowest BCUT2D eigenvalue weighted by Crippen LogP contribution is -2.21. The van der Waals surface area contributed by atoms with Gasteiger partial charge in [-0.1, -0.05) is 11.6 Å². The normalized spacial score (nSPS) is 11.2. The minimum Gasteiger partial charge on any atom is -0.382 e. The standard InChI is InChI=1S/C16H12ClN7/c17-10-3-1-9(2-4-10)16-21-12-6-5-11(7-13(12)22-16)23-24-14(8-18)15(19)20/h1-7,23H,(H3,19,20)(H,21,22)/b24-14+. The summed E-state index contributed by atoms with van der Waals surface area (Å²) in [4.78, 5) is 7.75. The van der Waals surface area contributed by atoms with Crippen LogP contribution in [0, 0.1) is 16.7 Å². The summed E-state index contributed by atoms with van der Waals surface area (Å²) >= 11 is 5.89. The Morgan fingerprint density at radius 1 is 1.29 bits per heavy atom. The SMILES string of the molecule is N#C/C(=N\Nc1ccc2nc(-c3ccc(Cl)cc3)[nH]c2c1)C(=N)N. The molecule has 8 heteroatoms. The Bertz CT molecular complexity index is 980. The number of benzene rings is 2. The van der Waals surface area contributed by atoms with Crippen LogP contribution in [0.5, 0.6) is 0 Å². The molecule has 24 heavy (non-hydrogen) atoms. The van der Waals surface area contributed by atoms with E-state index in [1.807, 2.05) is 18.2 Å². The minimum absolute atomic E-state index is 0.179. The number of nitrogens with zero attached hydrogens (tertiary/aromatic N) is 3. The maximum atomic E-state index is 8.83. The van der Waals surface area contributed by atoms with Crippen molar-refractivity contribution in [3.8, 4) is 17.5 Å². The van der Waals surface area contributed by atoms with Crippen molar-refractivity contribution in [3.05, 3.63) is 47.5 Å². The molecule has 118 valence electrons. The van der Waals surface area contributed by atoms with Gasteiger partial charge in [0.2, 0.25) is 5.71 Å². The van der Waals surface area contributed by atoms with E-state index in [1.54, 1.807) is 30.3 Å². The number of hydrazone groups is 1. The molecular formula is C16H12ClN7. The van der Waals surface area contributed by atoms with E-state index in [2.05, 4.69) is 20.5 Å². The van der Waals surface area contributed by atoms with E-state index >= 15 is 0 Å². The number of anilines is 1. The fourth-order valence-corrected chi connectivity index (χ4v) is 2.22. The van der Waals surface area contributed by atoms with Crippen LogP contribution in [0.2, 0.25) is 5.02 Å². The van der Waals surface area contributed by atoms with Gasteiger partial charge in [0, 0.05) is 10.6 Å². The number of aromatic nitrogens is 2. The van der Waals surface area contributed by atoms with Crippen LogP contribution in [0.25, 0.3) is 22.4 Å². The predicted octanol–water partition coefficient (Wildman–Crippen LogP) is 3.11. The molecule has 0 saturated carbocycles. The number of nitrogens with one attached hydrogen (secondary N) is 3. The number of nitriles is 1. The molecule has 0 aliphatic rings. The van der Waals surface area contributed by atoms with Crippen LogP contribution < -0.4 is 11.2 Å². The third-order valence-electron chi connectivity index (χ3n) is 3.26. The average molecular weight is 338 g/mol. The molecule has 2 aromatic carbocycles. The van der Waals surface area contributed by atoms with Crippen molar-refractivity contribution in [1.29, 1.82) is 10.7 Å². The Kier molecular flexibility index (Phi) is 4.14. The van der Waals surface area contributed by atoms with Gasteiger partial charge in [-0.05, 0) is 42.5 Å². The number of nitrogens with two attached hydrogens (primary N) is 1. The lowest BCUT2D eigenvalue weighted by molar-refractivity contribution is 1.33. The van der Waals surface area contributed by atoms with Crippen molar-refractivity contribution in [2.45, 2.75) is 0 Å². The van der Waals surface area contributed by atoms with Gasteiger partial charge in [0.05, 0.1) is 16.7 Å². The molecule has 0 aliphatic carbocycles. The summed E-state index contributed by atoms with van der Waals surface area (Å²) in [6, 6.07) is 14.5. The van der Waals surface area contributed by atoms with E-state index in [1.165, 1.54) is 0 Å². The largest absolute Gasteiger partial charge is 0.382 e.